The zero-order valence-corrected chi connectivity index (χ0v) is 13.5. The van der Waals surface area contributed by atoms with Crippen LogP contribution in [-0.4, -0.2) is 19.1 Å². The Labute approximate surface area is 136 Å². The van der Waals surface area contributed by atoms with E-state index in [1.165, 1.54) is 12.1 Å². The Hall–Kier alpha value is -2.36. The summed E-state index contributed by atoms with van der Waals surface area (Å²) in [7, 11) is 0. The van der Waals surface area contributed by atoms with Crippen molar-refractivity contribution in [3.8, 4) is 5.75 Å². The predicted molar refractivity (Wildman–Crippen MR) is 89.0 cm³/mol. The van der Waals surface area contributed by atoms with Crippen molar-refractivity contribution in [3.05, 3.63) is 66.0 Å². The van der Waals surface area contributed by atoms with E-state index in [2.05, 4.69) is 5.32 Å². The van der Waals surface area contributed by atoms with Crippen LogP contribution in [0.25, 0.3) is 0 Å². The van der Waals surface area contributed by atoms with Gasteiger partial charge in [-0.2, -0.15) is 0 Å². The fourth-order valence-corrected chi connectivity index (χ4v) is 2.19. The van der Waals surface area contributed by atoms with Crippen LogP contribution in [0, 0.1) is 5.82 Å². The number of ether oxygens (including phenoxy) is 1. The van der Waals surface area contributed by atoms with E-state index in [4.69, 9.17) is 4.74 Å². The summed E-state index contributed by atoms with van der Waals surface area (Å²) in [6.07, 6.45) is 0.300. The molecule has 3 nitrogen and oxygen atoms in total. The van der Waals surface area contributed by atoms with Gasteiger partial charge in [0.15, 0.2) is 0 Å². The van der Waals surface area contributed by atoms with Gasteiger partial charge >= 0.3 is 0 Å². The van der Waals surface area contributed by atoms with Gasteiger partial charge in [0.1, 0.15) is 11.6 Å². The van der Waals surface area contributed by atoms with Crippen LogP contribution in [0.3, 0.4) is 0 Å². The molecule has 0 saturated heterocycles. The lowest BCUT2D eigenvalue weighted by Crippen LogP contribution is -2.37. The lowest BCUT2D eigenvalue weighted by molar-refractivity contribution is -0.121. The summed E-state index contributed by atoms with van der Waals surface area (Å²) in [6, 6.07) is 15.8. The Balaban J connectivity index is 1.76. The molecule has 122 valence electrons. The molecule has 0 aromatic heterocycles. The molecule has 0 atom stereocenters. The number of rotatable bonds is 7. The SMILES string of the molecule is CC(C)(CNC(=O)CCOc1ccccc1)c1ccc(F)cc1. The smallest absolute Gasteiger partial charge is 0.223 e. The number of hydrogen-bond acceptors (Lipinski definition) is 2. The summed E-state index contributed by atoms with van der Waals surface area (Å²) in [4.78, 5) is 11.9. The minimum absolute atomic E-state index is 0.0592. The van der Waals surface area contributed by atoms with Crippen molar-refractivity contribution in [1.82, 2.24) is 5.32 Å². The zero-order chi connectivity index (χ0) is 16.7. The van der Waals surface area contributed by atoms with E-state index >= 15 is 0 Å². The summed E-state index contributed by atoms with van der Waals surface area (Å²) in [5.74, 6) is 0.440. The number of carbonyl (C=O) groups excluding carboxylic acids is 1. The molecular weight excluding hydrogens is 293 g/mol. The molecule has 0 bridgehead atoms. The molecule has 2 aromatic carbocycles. The number of benzene rings is 2. The van der Waals surface area contributed by atoms with Gasteiger partial charge in [0.2, 0.25) is 5.91 Å². The maximum absolute atomic E-state index is 13.0. The van der Waals surface area contributed by atoms with Gasteiger partial charge in [-0.05, 0) is 29.8 Å². The van der Waals surface area contributed by atoms with Crippen LogP contribution in [0.1, 0.15) is 25.8 Å². The number of para-hydroxylation sites is 1. The molecule has 23 heavy (non-hydrogen) atoms. The highest BCUT2D eigenvalue weighted by Gasteiger charge is 2.21. The summed E-state index contributed by atoms with van der Waals surface area (Å²) in [6.45, 7) is 4.86. The van der Waals surface area contributed by atoms with Crippen molar-refractivity contribution in [1.29, 1.82) is 0 Å². The Morgan fingerprint density at radius 3 is 2.39 bits per heavy atom. The molecule has 0 aliphatic carbocycles. The Kier molecular flexibility index (Phi) is 5.74. The van der Waals surface area contributed by atoms with Crippen molar-refractivity contribution < 1.29 is 13.9 Å². The first-order valence-electron chi connectivity index (χ1n) is 7.68. The average molecular weight is 315 g/mol. The molecule has 1 amide bonds. The van der Waals surface area contributed by atoms with Crippen LogP contribution in [0.2, 0.25) is 0 Å². The van der Waals surface area contributed by atoms with E-state index in [9.17, 15) is 9.18 Å². The lowest BCUT2D eigenvalue weighted by Gasteiger charge is -2.25. The van der Waals surface area contributed by atoms with Crippen LogP contribution < -0.4 is 10.1 Å². The van der Waals surface area contributed by atoms with Crippen LogP contribution in [0.5, 0.6) is 5.75 Å². The van der Waals surface area contributed by atoms with Gasteiger partial charge in [0, 0.05) is 12.0 Å². The summed E-state index contributed by atoms with van der Waals surface area (Å²) in [5, 5.41) is 2.91. The number of amides is 1. The third-order valence-corrected chi connectivity index (χ3v) is 3.69. The van der Waals surface area contributed by atoms with Crippen LogP contribution >= 0.6 is 0 Å². The first-order valence-corrected chi connectivity index (χ1v) is 7.68. The molecule has 0 spiro atoms. The Morgan fingerprint density at radius 2 is 1.74 bits per heavy atom. The predicted octanol–water partition coefficient (Wildman–Crippen LogP) is 3.69. The molecule has 1 N–H and O–H groups in total. The van der Waals surface area contributed by atoms with Crippen molar-refractivity contribution in [2.24, 2.45) is 0 Å². The standard InChI is InChI=1S/C19H22FNO2/c1-19(2,15-8-10-16(20)11-9-15)14-21-18(22)12-13-23-17-6-4-3-5-7-17/h3-11H,12-14H2,1-2H3,(H,21,22). The van der Waals surface area contributed by atoms with Crippen LogP contribution in [-0.2, 0) is 10.2 Å². The second kappa shape index (κ2) is 7.77. The summed E-state index contributed by atoms with van der Waals surface area (Å²) < 4.78 is 18.5. The van der Waals surface area contributed by atoms with Crippen LogP contribution in [0.15, 0.2) is 54.6 Å². The lowest BCUT2D eigenvalue weighted by atomic mass is 9.84. The average Bonchev–Trinajstić information content (AvgIpc) is 2.54. The first kappa shape index (κ1) is 17.0. The number of halogens is 1. The van der Waals surface area contributed by atoms with Crippen molar-refractivity contribution in [2.45, 2.75) is 25.7 Å². The first-order chi connectivity index (χ1) is 11.0. The molecule has 2 aromatic rings. The Bertz CT molecular complexity index is 624. The third-order valence-electron chi connectivity index (χ3n) is 3.69. The third kappa shape index (κ3) is 5.40. The second-order valence-corrected chi connectivity index (χ2v) is 6.08. The normalized spacial score (nSPS) is 11.1. The van der Waals surface area contributed by atoms with Crippen LogP contribution in [0.4, 0.5) is 4.39 Å². The highest BCUT2D eigenvalue weighted by atomic mass is 19.1. The molecule has 4 heteroatoms. The van der Waals surface area contributed by atoms with Gasteiger partial charge < -0.3 is 10.1 Å². The minimum atomic E-state index is -0.260. The molecule has 0 saturated carbocycles. The van der Waals surface area contributed by atoms with Crippen molar-refractivity contribution >= 4 is 5.91 Å². The van der Waals surface area contributed by atoms with Gasteiger partial charge in [-0.1, -0.05) is 44.2 Å². The molecule has 2 rings (SSSR count). The van der Waals surface area contributed by atoms with E-state index in [-0.39, 0.29) is 17.1 Å². The molecular formula is C19H22FNO2. The van der Waals surface area contributed by atoms with E-state index < -0.39 is 0 Å². The molecule has 0 unspecified atom stereocenters. The van der Waals surface area contributed by atoms with E-state index in [1.54, 1.807) is 12.1 Å². The fourth-order valence-electron chi connectivity index (χ4n) is 2.19. The van der Waals surface area contributed by atoms with Gasteiger partial charge in [-0.25, -0.2) is 4.39 Å². The summed E-state index contributed by atoms with van der Waals surface area (Å²) >= 11 is 0. The maximum atomic E-state index is 13.0. The highest BCUT2D eigenvalue weighted by molar-refractivity contribution is 5.76. The van der Waals surface area contributed by atoms with Crippen molar-refractivity contribution in [3.63, 3.8) is 0 Å². The van der Waals surface area contributed by atoms with E-state index in [0.717, 1.165) is 11.3 Å². The van der Waals surface area contributed by atoms with Gasteiger partial charge in [-0.3, -0.25) is 4.79 Å². The number of hydrogen-bond donors (Lipinski definition) is 1. The zero-order valence-electron chi connectivity index (χ0n) is 13.5. The monoisotopic (exact) mass is 315 g/mol. The van der Waals surface area contributed by atoms with Gasteiger partial charge in [-0.15, -0.1) is 0 Å². The quantitative estimate of drug-likeness (QED) is 0.846. The summed E-state index contributed by atoms with van der Waals surface area (Å²) in [5.41, 5.74) is 0.726. The largest absolute Gasteiger partial charge is 0.493 e. The second-order valence-electron chi connectivity index (χ2n) is 6.08. The van der Waals surface area contributed by atoms with Gasteiger partial charge in [0.25, 0.3) is 0 Å². The molecule has 0 aliphatic heterocycles. The molecule has 0 fully saturated rings. The van der Waals surface area contributed by atoms with Gasteiger partial charge in [0.05, 0.1) is 13.0 Å². The topological polar surface area (TPSA) is 38.3 Å². The molecule has 0 aliphatic rings. The van der Waals surface area contributed by atoms with E-state index in [1.807, 2.05) is 44.2 Å². The fraction of sp³-hybridized carbons (Fsp3) is 0.316. The molecule has 0 heterocycles. The Morgan fingerprint density at radius 1 is 1.09 bits per heavy atom. The molecule has 0 radical (unpaired) electrons. The number of carbonyl (C=O) groups is 1. The van der Waals surface area contributed by atoms with Crippen molar-refractivity contribution in [2.75, 3.05) is 13.2 Å². The maximum Gasteiger partial charge on any atom is 0.223 e. The minimum Gasteiger partial charge on any atom is -0.493 e. The highest BCUT2D eigenvalue weighted by Crippen LogP contribution is 2.22. The number of nitrogens with one attached hydrogen (secondary N) is 1. The van der Waals surface area contributed by atoms with E-state index in [0.29, 0.717) is 19.6 Å².